The van der Waals surface area contributed by atoms with Crippen LogP contribution in [0.15, 0.2) is 18.2 Å². The molecule has 0 bridgehead atoms. The summed E-state index contributed by atoms with van der Waals surface area (Å²) >= 11 is 0. The lowest BCUT2D eigenvalue weighted by molar-refractivity contribution is -0.132. The van der Waals surface area contributed by atoms with Crippen LogP contribution in [0.1, 0.15) is 37.8 Å². The highest BCUT2D eigenvalue weighted by atomic mass is 16.2. The standard InChI is InChI=1S/C19H29N3O/c1-14-6-5-7-17(15(14)2)21-10-12-22(13-11-21)19(3,4)18(23)20-16-8-9-16/h5-7,16H,8-13H2,1-4H3,(H,20,23). The molecule has 1 saturated heterocycles. The lowest BCUT2D eigenvalue weighted by Crippen LogP contribution is -2.61. The number of carbonyl (C=O) groups is 1. The molecule has 1 saturated carbocycles. The first kappa shape index (κ1) is 16.3. The highest BCUT2D eigenvalue weighted by molar-refractivity contribution is 5.86. The van der Waals surface area contributed by atoms with E-state index in [9.17, 15) is 4.79 Å². The normalized spacial score (nSPS) is 19.7. The molecule has 2 aliphatic rings. The maximum Gasteiger partial charge on any atom is 0.240 e. The number of piperazine rings is 1. The topological polar surface area (TPSA) is 35.6 Å². The van der Waals surface area contributed by atoms with E-state index in [-0.39, 0.29) is 5.91 Å². The number of nitrogens with one attached hydrogen (secondary N) is 1. The van der Waals surface area contributed by atoms with Gasteiger partial charge in [0, 0.05) is 37.9 Å². The van der Waals surface area contributed by atoms with Crippen molar-refractivity contribution in [2.45, 2.75) is 52.1 Å². The highest BCUT2D eigenvalue weighted by Gasteiger charge is 2.38. The zero-order valence-electron chi connectivity index (χ0n) is 14.9. The van der Waals surface area contributed by atoms with E-state index < -0.39 is 5.54 Å². The largest absolute Gasteiger partial charge is 0.369 e. The van der Waals surface area contributed by atoms with Crippen molar-refractivity contribution in [1.29, 1.82) is 0 Å². The SMILES string of the molecule is Cc1cccc(N2CCN(C(C)(C)C(=O)NC3CC3)CC2)c1C. The van der Waals surface area contributed by atoms with Gasteiger partial charge in [-0.15, -0.1) is 0 Å². The van der Waals surface area contributed by atoms with Crippen LogP contribution in [-0.4, -0.2) is 48.6 Å². The van der Waals surface area contributed by atoms with E-state index in [1.165, 1.54) is 16.8 Å². The van der Waals surface area contributed by atoms with Crippen molar-refractivity contribution in [3.8, 4) is 0 Å². The van der Waals surface area contributed by atoms with Crippen molar-refractivity contribution < 1.29 is 4.79 Å². The molecule has 1 aromatic carbocycles. The van der Waals surface area contributed by atoms with Gasteiger partial charge in [-0.25, -0.2) is 0 Å². The van der Waals surface area contributed by atoms with Crippen molar-refractivity contribution in [2.75, 3.05) is 31.1 Å². The molecule has 3 rings (SSSR count). The predicted molar refractivity (Wildman–Crippen MR) is 94.9 cm³/mol. The number of aryl methyl sites for hydroxylation is 1. The van der Waals surface area contributed by atoms with Crippen LogP contribution in [0.4, 0.5) is 5.69 Å². The van der Waals surface area contributed by atoms with Crippen LogP contribution >= 0.6 is 0 Å². The van der Waals surface area contributed by atoms with Crippen molar-refractivity contribution in [3.63, 3.8) is 0 Å². The molecule has 0 aromatic heterocycles. The first-order chi connectivity index (χ1) is 10.9. The molecule has 2 fully saturated rings. The van der Waals surface area contributed by atoms with E-state index >= 15 is 0 Å². The summed E-state index contributed by atoms with van der Waals surface area (Å²) in [6.45, 7) is 12.3. The second kappa shape index (κ2) is 6.16. The number of anilines is 1. The molecule has 0 spiro atoms. The van der Waals surface area contributed by atoms with Gasteiger partial charge >= 0.3 is 0 Å². The average molecular weight is 315 g/mol. The Labute approximate surface area is 139 Å². The van der Waals surface area contributed by atoms with Gasteiger partial charge in [0.25, 0.3) is 0 Å². The summed E-state index contributed by atoms with van der Waals surface area (Å²) in [6, 6.07) is 6.94. The van der Waals surface area contributed by atoms with Crippen LogP contribution in [0.3, 0.4) is 0 Å². The van der Waals surface area contributed by atoms with Crippen LogP contribution in [-0.2, 0) is 4.79 Å². The molecule has 1 heterocycles. The molecular weight excluding hydrogens is 286 g/mol. The van der Waals surface area contributed by atoms with E-state index in [2.05, 4.69) is 61.0 Å². The van der Waals surface area contributed by atoms with Crippen molar-refractivity contribution in [2.24, 2.45) is 0 Å². The fraction of sp³-hybridized carbons (Fsp3) is 0.632. The molecule has 4 heteroatoms. The summed E-state index contributed by atoms with van der Waals surface area (Å²) in [5, 5.41) is 3.16. The van der Waals surface area contributed by atoms with Crippen LogP contribution in [0.2, 0.25) is 0 Å². The quantitative estimate of drug-likeness (QED) is 0.927. The van der Waals surface area contributed by atoms with Gasteiger partial charge in [-0.1, -0.05) is 12.1 Å². The maximum absolute atomic E-state index is 12.5. The Hall–Kier alpha value is -1.55. The summed E-state index contributed by atoms with van der Waals surface area (Å²) < 4.78 is 0. The van der Waals surface area contributed by atoms with Crippen LogP contribution in [0.5, 0.6) is 0 Å². The number of nitrogens with zero attached hydrogens (tertiary/aromatic N) is 2. The molecule has 0 unspecified atom stereocenters. The third kappa shape index (κ3) is 3.37. The number of carbonyl (C=O) groups excluding carboxylic acids is 1. The second-order valence-corrected chi connectivity index (χ2v) is 7.50. The molecule has 23 heavy (non-hydrogen) atoms. The van der Waals surface area contributed by atoms with Crippen LogP contribution < -0.4 is 10.2 Å². The number of amides is 1. The van der Waals surface area contributed by atoms with Crippen molar-refractivity contribution >= 4 is 11.6 Å². The van der Waals surface area contributed by atoms with Gasteiger partial charge in [0.1, 0.15) is 0 Å². The minimum atomic E-state index is -0.420. The Morgan fingerprint density at radius 1 is 1.13 bits per heavy atom. The third-order valence-corrected chi connectivity index (χ3v) is 5.46. The molecule has 126 valence electrons. The zero-order chi connectivity index (χ0) is 16.6. The summed E-state index contributed by atoms with van der Waals surface area (Å²) in [5.41, 5.74) is 3.63. The van der Waals surface area contributed by atoms with E-state index in [4.69, 9.17) is 0 Å². The predicted octanol–water partition coefficient (Wildman–Crippen LogP) is 2.48. The number of hydrogen-bond donors (Lipinski definition) is 1. The summed E-state index contributed by atoms with van der Waals surface area (Å²) in [6.07, 6.45) is 2.28. The summed E-state index contributed by atoms with van der Waals surface area (Å²) in [7, 11) is 0. The van der Waals surface area contributed by atoms with Crippen LogP contribution in [0, 0.1) is 13.8 Å². The highest BCUT2D eigenvalue weighted by Crippen LogP contribution is 2.27. The lowest BCUT2D eigenvalue weighted by Gasteiger charge is -2.44. The van der Waals surface area contributed by atoms with Gasteiger partial charge < -0.3 is 10.2 Å². The first-order valence-electron chi connectivity index (χ1n) is 8.77. The van der Waals surface area contributed by atoms with E-state index in [1.807, 2.05) is 0 Å². The molecule has 4 nitrogen and oxygen atoms in total. The van der Waals surface area contributed by atoms with E-state index in [0.29, 0.717) is 6.04 Å². The molecule has 0 atom stereocenters. The first-order valence-corrected chi connectivity index (χ1v) is 8.77. The van der Waals surface area contributed by atoms with Gasteiger partial charge in [-0.05, 0) is 57.7 Å². The zero-order valence-corrected chi connectivity index (χ0v) is 14.9. The smallest absolute Gasteiger partial charge is 0.240 e. The minimum absolute atomic E-state index is 0.181. The molecule has 1 aromatic rings. The van der Waals surface area contributed by atoms with Gasteiger partial charge in [-0.2, -0.15) is 0 Å². The molecule has 0 radical (unpaired) electrons. The molecule has 1 aliphatic heterocycles. The number of benzene rings is 1. The van der Waals surface area contributed by atoms with Gasteiger partial charge in [0.15, 0.2) is 0 Å². The summed E-state index contributed by atoms with van der Waals surface area (Å²) in [5.74, 6) is 0.181. The number of hydrogen-bond acceptors (Lipinski definition) is 3. The van der Waals surface area contributed by atoms with Crippen molar-refractivity contribution in [1.82, 2.24) is 10.2 Å². The molecular formula is C19H29N3O. The maximum atomic E-state index is 12.5. The third-order valence-electron chi connectivity index (χ3n) is 5.46. The van der Waals surface area contributed by atoms with E-state index in [1.54, 1.807) is 0 Å². The molecule has 1 amide bonds. The average Bonchev–Trinajstić information content (AvgIpc) is 3.34. The molecule has 1 aliphatic carbocycles. The fourth-order valence-corrected chi connectivity index (χ4v) is 3.32. The summed E-state index contributed by atoms with van der Waals surface area (Å²) in [4.78, 5) is 17.3. The van der Waals surface area contributed by atoms with E-state index in [0.717, 1.165) is 39.0 Å². The van der Waals surface area contributed by atoms with Crippen LogP contribution in [0.25, 0.3) is 0 Å². The van der Waals surface area contributed by atoms with Gasteiger partial charge in [0.2, 0.25) is 5.91 Å². The lowest BCUT2D eigenvalue weighted by atomic mass is 9.99. The molecule has 1 N–H and O–H groups in total. The number of rotatable bonds is 4. The Morgan fingerprint density at radius 3 is 2.39 bits per heavy atom. The van der Waals surface area contributed by atoms with Crippen molar-refractivity contribution in [3.05, 3.63) is 29.3 Å². The second-order valence-electron chi connectivity index (χ2n) is 7.50. The fourth-order valence-electron chi connectivity index (χ4n) is 3.32. The Bertz CT molecular complexity index is 584. The monoisotopic (exact) mass is 315 g/mol. The van der Waals surface area contributed by atoms with Gasteiger partial charge in [0.05, 0.1) is 5.54 Å². The van der Waals surface area contributed by atoms with Gasteiger partial charge in [-0.3, -0.25) is 9.69 Å². The Kier molecular flexibility index (Phi) is 4.37. The Morgan fingerprint density at radius 2 is 1.78 bits per heavy atom. The Balaban J connectivity index is 1.63. The minimum Gasteiger partial charge on any atom is -0.369 e.